The maximum Gasteiger partial charge on any atom is 0.227 e. The summed E-state index contributed by atoms with van der Waals surface area (Å²) in [6.45, 7) is 6.19. The first-order valence-corrected chi connectivity index (χ1v) is 8.42. The zero-order chi connectivity index (χ0) is 18.7. The molecule has 0 aliphatic carbocycles. The van der Waals surface area contributed by atoms with E-state index in [1.165, 1.54) is 11.1 Å². The maximum atomic E-state index is 8.87. The first-order chi connectivity index (χ1) is 12.5. The number of rotatable bonds is 4. The van der Waals surface area contributed by atoms with Gasteiger partial charge in [-0.15, -0.1) is 0 Å². The van der Waals surface area contributed by atoms with Crippen LogP contribution in [-0.4, -0.2) is 9.97 Å². The smallest absolute Gasteiger partial charge is 0.227 e. The van der Waals surface area contributed by atoms with Gasteiger partial charge in [-0.1, -0.05) is 6.07 Å². The first-order valence-electron chi connectivity index (χ1n) is 8.42. The van der Waals surface area contributed by atoms with Crippen molar-refractivity contribution in [1.82, 2.24) is 9.97 Å². The molecule has 0 atom stereocenters. The van der Waals surface area contributed by atoms with Crippen LogP contribution in [0.2, 0.25) is 0 Å². The SMILES string of the molecule is Cc1cc(C)c(Cc2ccnc(Nc3ccc(C#N)cc3)n2)c(C)c1N. The summed E-state index contributed by atoms with van der Waals surface area (Å²) in [6.07, 6.45) is 2.45. The fourth-order valence-corrected chi connectivity index (χ4v) is 3.01. The molecule has 0 radical (unpaired) electrons. The summed E-state index contributed by atoms with van der Waals surface area (Å²) in [7, 11) is 0. The van der Waals surface area contributed by atoms with Crippen molar-refractivity contribution in [1.29, 1.82) is 5.26 Å². The number of nitriles is 1. The van der Waals surface area contributed by atoms with Gasteiger partial charge in [0, 0.05) is 24.0 Å². The lowest BCUT2D eigenvalue weighted by molar-refractivity contribution is 1.01. The van der Waals surface area contributed by atoms with Crippen molar-refractivity contribution in [3.63, 3.8) is 0 Å². The summed E-state index contributed by atoms with van der Waals surface area (Å²) in [4.78, 5) is 8.90. The first kappa shape index (κ1) is 17.4. The number of hydrogen-bond acceptors (Lipinski definition) is 5. The molecule has 5 nitrogen and oxygen atoms in total. The molecule has 3 N–H and O–H groups in total. The minimum Gasteiger partial charge on any atom is -0.398 e. The predicted molar refractivity (Wildman–Crippen MR) is 104 cm³/mol. The number of nitrogens with two attached hydrogens (primary N) is 1. The van der Waals surface area contributed by atoms with E-state index in [-0.39, 0.29) is 0 Å². The van der Waals surface area contributed by atoms with Gasteiger partial charge >= 0.3 is 0 Å². The molecule has 0 fully saturated rings. The van der Waals surface area contributed by atoms with Crippen molar-refractivity contribution in [3.8, 4) is 6.07 Å². The van der Waals surface area contributed by atoms with E-state index in [0.717, 1.165) is 28.2 Å². The van der Waals surface area contributed by atoms with Crippen LogP contribution in [0.3, 0.4) is 0 Å². The number of aryl methyl sites for hydroxylation is 2. The van der Waals surface area contributed by atoms with E-state index in [1.807, 2.05) is 25.1 Å². The fourth-order valence-electron chi connectivity index (χ4n) is 3.01. The van der Waals surface area contributed by atoms with Crippen LogP contribution in [0.25, 0.3) is 0 Å². The van der Waals surface area contributed by atoms with E-state index in [9.17, 15) is 0 Å². The van der Waals surface area contributed by atoms with Crippen LogP contribution >= 0.6 is 0 Å². The summed E-state index contributed by atoms with van der Waals surface area (Å²) in [5.41, 5.74) is 14.1. The Morgan fingerprint density at radius 2 is 1.81 bits per heavy atom. The highest BCUT2D eigenvalue weighted by molar-refractivity contribution is 5.59. The molecule has 5 heteroatoms. The van der Waals surface area contributed by atoms with Crippen LogP contribution in [0, 0.1) is 32.1 Å². The van der Waals surface area contributed by atoms with Crippen LogP contribution in [-0.2, 0) is 6.42 Å². The van der Waals surface area contributed by atoms with E-state index in [1.54, 1.807) is 18.3 Å². The van der Waals surface area contributed by atoms with Gasteiger partial charge in [-0.3, -0.25) is 0 Å². The highest BCUT2D eigenvalue weighted by Crippen LogP contribution is 2.26. The average Bonchev–Trinajstić information content (AvgIpc) is 2.64. The zero-order valence-electron chi connectivity index (χ0n) is 15.2. The van der Waals surface area contributed by atoms with E-state index >= 15 is 0 Å². The topological polar surface area (TPSA) is 87.6 Å². The van der Waals surface area contributed by atoms with Crippen molar-refractivity contribution in [2.24, 2.45) is 0 Å². The van der Waals surface area contributed by atoms with Crippen molar-refractivity contribution >= 4 is 17.3 Å². The molecule has 3 rings (SSSR count). The second-order valence-electron chi connectivity index (χ2n) is 6.39. The normalized spacial score (nSPS) is 10.4. The van der Waals surface area contributed by atoms with Crippen molar-refractivity contribution in [3.05, 3.63) is 76.1 Å². The van der Waals surface area contributed by atoms with E-state index < -0.39 is 0 Å². The average molecular weight is 343 g/mol. The van der Waals surface area contributed by atoms with Gasteiger partial charge in [0.2, 0.25) is 5.95 Å². The number of benzene rings is 2. The Morgan fingerprint density at radius 3 is 2.50 bits per heavy atom. The van der Waals surface area contributed by atoms with Crippen LogP contribution in [0.5, 0.6) is 0 Å². The van der Waals surface area contributed by atoms with Crippen molar-refractivity contribution < 1.29 is 0 Å². The molecule has 0 aliphatic rings. The minimum absolute atomic E-state index is 0.530. The summed E-state index contributed by atoms with van der Waals surface area (Å²) in [5.74, 6) is 0.530. The Labute approximate surface area is 153 Å². The lowest BCUT2D eigenvalue weighted by Crippen LogP contribution is -2.05. The van der Waals surface area contributed by atoms with Crippen LogP contribution in [0.4, 0.5) is 17.3 Å². The molecule has 0 saturated carbocycles. The van der Waals surface area contributed by atoms with Crippen molar-refractivity contribution in [2.75, 3.05) is 11.1 Å². The molecule has 0 saturated heterocycles. The number of aromatic nitrogens is 2. The molecular formula is C21H21N5. The molecule has 2 aromatic carbocycles. The van der Waals surface area contributed by atoms with Gasteiger partial charge in [0.05, 0.1) is 17.3 Å². The number of hydrogen-bond donors (Lipinski definition) is 2. The Kier molecular flexibility index (Phi) is 4.85. The molecule has 3 aromatic rings. The monoisotopic (exact) mass is 343 g/mol. The molecule has 1 aromatic heterocycles. The lowest BCUT2D eigenvalue weighted by Gasteiger charge is -2.15. The third-order valence-corrected chi connectivity index (χ3v) is 4.53. The van der Waals surface area contributed by atoms with Gasteiger partial charge in [-0.25, -0.2) is 9.97 Å². The van der Waals surface area contributed by atoms with Crippen LogP contribution in [0.1, 0.15) is 33.5 Å². The summed E-state index contributed by atoms with van der Waals surface area (Å²) < 4.78 is 0. The molecule has 130 valence electrons. The third kappa shape index (κ3) is 3.65. The number of nitrogens with one attached hydrogen (secondary N) is 1. The van der Waals surface area contributed by atoms with Crippen LogP contribution < -0.4 is 11.1 Å². The van der Waals surface area contributed by atoms with Crippen molar-refractivity contribution in [2.45, 2.75) is 27.2 Å². The lowest BCUT2D eigenvalue weighted by atomic mass is 9.94. The number of anilines is 3. The standard InChI is InChI=1S/C21H21N5/c1-13-10-14(2)20(23)15(3)19(13)11-18-8-9-24-21(26-18)25-17-6-4-16(12-22)5-7-17/h4-10H,11,23H2,1-3H3,(H,24,25,26). The van der Waals surface area contributed by atoms with Gasteiger partial charge in [-0.2, -0.15) is 5.26 Å². The molecule has 0 bridgehead atoms. The van der Waals surface area contributed by atoms with Gasteiger partial charge in [-0.05, 0) is 73.4 Å². The molecule has 1 heterocycles. The number of nitrogens with zero attached hydrogens (tertiary/aromatic N) is 3. The minimum atomic E-state index is 0.530. The van der Waals surface area contributed by atoms with E-state index in [2.05, 4.69) is 41.3 Å². The molecular weight excluding hydrogens is 322 g/mol. The van der Waals surface area contributed by atoms with E-state index in [0.29, 0.717) is 17.9 Å². The summed E-state index contributed by atoms with van der Waals surface area (Å²) in [5, 5.41) is 12.0. The highest BCUT2D eigenvalue weighted by atomic mass is 15.1. The van der Waals surface area contributed by atoms with Gasteiger partial charge in [0.25, 0.3) is 0 Å². The molecule has 26 heavy (non-hydrogen) atoms. The Hall–Kier alpha value is -3.39. The van der Waals surface area contributed by atoms with E-state index in [4.69, 9.17) is 11.0 Å². The fraction of sp³-hybridized carbons (Fsp3) is 0.190. The Morgan fingerprint density at radius 1 is 1.08 bits per heavy atom. The van der Waals surface area contributed by atoms with Crippen LogP contribution in [0.15, 0.2) is 42.6 Å². The molecule has 0 spiro atoms. The molecule has 0 unspecified atom stereocenters. The Balaban J connectivity index is 1.84. The highest BCUT2D eigenvalue weighted by Gasteiger charge is 2.11. The van der Waals surface area contributed by atoms with Gasteiger partial charge < -0.3 is 11.1 Å². The predicted octanol–water partition coefficient (Wildman–Crippen LogP) is 4.19. The maximum absolute atomic E-state index is 8.87. The molecule has 0 aliphatic heterocycles. The second-order valence-corrected chi connectivity index (χ2v) is 6.39. The molecule has 0 amide bonds. The number of nitrogen functional groups attached to an aromatic ring is 1. The quantitative estimate of drug-likeness (QED) is 0.694. The largest absolute Gasteiger partial charge is 0.398 e. The third-order valence-electron chi connectivity index (χ3n) is 4.53. The summed E-state index contributed by atoms with van der Waals surface area (Å²) in [6, 6.07) is 13.3. The summed E-state index contributed by atoms with van der Waals surface area (Å²) >= 11 is 0. The van der Waals surface area contributed by atoms with Gasteiger partial charge in [0.1, 0.15) is 0 Å². The second kappa shape index (κ2) is 7.24. The Bertz CT molecular complexity index is 985. The zero-order valence-corrected chi connectivity index (χ0v) is 15.2. The van der Waals surface area contributed by atoms with Gasteiger partial charge in [0.15, 0.2) is 0 Å².